The number of hydrogen-bond donors (Lipinski definition) is 0. The molecule has 84 valence electrons. The number of nitrogens with zero attached hydrogens (tertiary/aromatic N) is 3. The van der Waals surface area contributed by atoms with Crippen molar-refractivity contribution in [1.29, 1.82) is 0 Å². The molecule has 1 amide bonds. The van der Waals surface area contributed by atoms with Gasteiger partial charge in [0.05, 0.1) is 8.07 Å². The summed E-state index contributed by atoms with van der Waals surface area (Å²) in [6.07, 6.45) is 0. The van der Waals surface area contributed by atoms with Crippen LogP contribution in [0.1, 0.15) is 15.9 Å². The van der Waals surface area contributed by atoms with Gasteiger partial charge >= 0.3 is 0 Å². The number of hydrogen-bond acceptors (Lipinski definition) is 1. The zero-order valence-electron chi connectivity index (χ0n) is 9.98. The zero-order valence-corrected chi connectivity index (χ0v) is 11.0. The molecule has 5 heteroatoms. The fourth-order valence-corrected chi connectivity index (χ4v) is 3.63. The second-order valence-electron chi connectivity index (χ2n) is 4.72. The van der Waals surface area contributed by atoms with E-state index in [-0.39, 0.29) is 0 Å². The third-order valence-corrected chi connectivity index (χ3v) is 4.67. The van der Waals surface area contributed by atoms with E-state index in [2.05, 4.69) is 35.7 Å². The van der Waals surface area contributed by atoms with Gasteiger partial charge in [0.2, 0.25) is 5.91 Å². The first-order valence-corrected chi connectivity index (χ1v) is 8.57. The SMILES string of the molecule is Cc1c(C(=O)N=[N+]=[N-])cccc1[Si](C)(C)C. The third kappa shape index (κ3) is 2.51. The monoisotopic (exact) mass is 233 g/mol. The Morgan fingerprint density at radius 1 is 1.38 bits per heavy atom. The van der Waals surface area contributed by atoms with Crippen molar-refractivity contribution in [2.24, 2.45) is 5.11 Å². The smallest absolute Gasteiger partial charge is 0.249 e. The van der Waals surface area contributed by atoms with E-state index < -0.39 is 14.0 Å². The lowest BCUT2D eigenvalue weighted by Crippen LogP contribution is -2.40. The van der Waals surface area contributed by atoms with Crippen LogP contribution in [-0.4, -0.2) is 14.0 Å². The molecule has 0 radical (unpaired) electrons. The average Bonchev–Trinajstić information content (AvgIpc) is 2.16. The molecule has 1 rings (SSSR count). The number of carbonyl (C=O) groups is 1. The summed E-state index contributed by atoms with van der Waals surface area (Å²) in [5.41, 5.74) is 9.72. The van der Waals surface area contributed by atoms with Gasteiger partial charge in [-0.25, -0.2) is 0 Å². The summed E-state index contributed by atoms with van der Waals surface area (Å²) in [5, 5.41) is 4.36. The summed E-state index contributed by atoms with van der Waals surface area (Å²) in [5.74, 6) is -0.500. The summed E-state index contributed by atoms with van der Waals surface area (Å²) in [7, 11) is -1.47. The van der Waals surface area contributed by atoms with E-state index in [1.165, 1.54) is 5.19 Å². The first-order valence-electron chi connectivity index (χ1n) is 5.07. The highest BCUT2D eigenvalue weighted by Gasteiger charge is 2.21. The first-order chi connectivity index (χ1) is 7.38. The Morgan fingerprint density at radius 2 is 2.00 bits per heavy atom. The molecule has 4 nitrogen and oxygen atoms in total. The van der Waals surface area contributed by atoms with Crippen molar-refractivity contribution in [3.8, 4) is 0 Å². The summed E-state index contributed by atoms with van der Waals surface area (Å²) in [6.45, 7) is 8.57. The van der Waals surface area contributed by atoms with Gasteiger partial charge in [-0.05, 0) is 23.1 Å². The fraction of sp³-hybridized carbons (Fsp3) is 0.364. The van der Waals surface area contributed by atoms with Crippen molar-refractivity contribution in [2.45, 2.75) is 26.6 Å². The Balaban J connectivity index is 3.35. The summed E-state index contributed by atoms with van der Waals surface area (Å²) in [4.78, 5) is 14.1. The summed E-state index contributed by atoms with van der Waals surface area (Å²) >= 11 is 0. The first kappa shape index (κ1) is 12.5. The van der Waals surface area contributed by atoms with Gasteiger partial charge in [0.25, 0.3) is 0 Å². The number of rotatable bonds is 2. The second-order valence-corrected chi connectivity index (χ2v) is 9.76. The van der Waals surface area contributed by atoms with Crippen molar-refractivity contribution in [3.63, 3.8) is 0 Å². The predicted octanol–water partition coefficient (Wildman–Crippen LogP) is 2.99. The molecule has 0 unspecified atom stereocenters. The zero-order chi connectivity index (χ0) is 12.3. The minimum atomic E-state index is -1.47. The summed E-state index contributed by atoms with van der Waals surface area (Å²) in [6, 6.07) is 5.60. The van der Waals surface area contributed by atoms with Gasteiger partial charge in [-0.15, -0.1) is 0 Å². The Hall–Kier alpha value is -1.58. The van der Waals surface area contributed by atoms with E-state index in [1.807, 2.05) is 13.0 Å². The molecule has 1 aromatic carbocycles. The molecule has 16 heavy (non-hydrogen) atoms. The maximum Gasteiger partial charge on any atom is 0.249 e. The molecule has 0 aromatic heterocycles. The largest absolute Gasteiger partial charge is 0.287 e. The minimum absolute atomic E-state index is 0.500. The number of amides is 1. The molecule has 0 heterocycles. The lowest BCUT2D eigenvalue weighted by molar-refractivity contribution is 0.1000. The van der Waals surface area contributed by atoms with E-state index in [1.54, 1.807) is 6.07 Å². The van der Waals surface area contributed by atoms with Crippen LogP contribution < -0.4 is 5.19 Å². The topological polar surface area (TPSA) is 65.8 Å². The van der Waals surface area contributed by atoms with E-state index in [0.29, 0.717) is 5.56 Å². The van der Waals surface area contributed by atoms with E-state index >= 15 is 0 Å². The molecule has 0 spiro atoms. The highest BCUT2D eigenvalue weighted by molar-refractivity contribution is 6.89. The summed E-state index contributed by atoms with van der Waals surface area (Å²) < 4.78 is 0. The lowest BCUT2D eigenvalue weighted by atomic mass is 10.1. The maximum absolute atomic E-state index is 11.5. The van der Waals surface area contributed by atoms with Crippen LogP contribution in [0.2, 0.25) is 19.6 Å². The van der Waals surface area contributed by atoms with Crippen LogP contribution in [0, 0.1) is 6.92 Å². The van der Waals surface area contributed by atoms with Crippen LogP contribution in [0.3, 0.4) is 0 Å². The molecule has 0 N–H and O–H groups in total. The van der Waals surface area contributed by atoms with Crippen molar-refractivity contribution in [1.82, 2.24) is 0 Å². The van der Waals surface area contributed by atoms with Crippen LogP contribution in [-0.2, 0) is 0 Å². The standard InChI is InChI=1S/C11H15N3OSi/c1-8-9(11(15)13-14-12)6-5-7-10(8)16(2,3)4/h5-7H,1-4H3. The highest BCUT2D eigenvalue weighted by Crippen LogP contribution is 2.12. The Kier molecular flexibility index (Phi) is 3.52. The van der Waals surface area contributed by atoms with E-state index in [9.17, 15) is 4.79 Å². The molecule has 1 aromatic rings. The number of carbonyl (C=O) groups excluding carboxylic acids is 1. The minimum Gasteiger partial charge on any atom is -0.287 e. The molecule has 0 saturated heterocycles. The van der Waals surface area contributed by atoms with E-state index in [0.717, 1.165) is 5.56 Å². The molecular formula is C11H15N3OSi. The van der Waals surface area contributed by atoms with Gasteiger partial charge in [0.1, 0.15) is 0 Å². The van der Waals surface area contributed by atoms with Crippen LogP contribution in [0.5, 0.6) is 0 Å². The van der Waals surface area contributed by atoms with Crippen molar-refractivity contribution < 1.29 is 4.79 Å². The van der Waals surface area contributed by atoms with Crippen molar-refractivity contribution >= 4 is 19.2 Å². The van der Waals surface area contributed by atoms with Gasteiger partial charge in [-0.1, -0.05) is 43.0 Å². The molecule has 0 aliphatic carbocycles. The quantitative estimate of drug-likeness (QED) is 0.335. The average molecular weight is 233 g/mol. The fourth-order valence-electron chi connectivity index (χ4n) is 1.77. The van der Waals surface area contributed by atoms with E-state index in [4.69, 9.17) is 5.53 Å². The molecular weight excluding hydrogens is 218 g/mol. The Bertz CT molecular complexity index is 471. The number of azide groups is 1. The molecule has 0 aliphatic heterocycles. The van der Waals surface area contributed by atoms with Crippen LogP contribution in [0.4, 0.5) is 0 Å². The van der Waals surface area contributed by atoms with Gasteiger partial charge in [0.15, 0.2) is 0 Å². The maximum atomic E-state index is 11.5. The Labute approximate surface area is 95.9 Å². The van der Waals surface area contributed by atoms with Crippen LogP contribution in [0.15, 0.2) is 23.3 Å². The Morgan fingerprint density at radius 3 is 2.50 bits per heavy atom. The molecule has 0 bridgehead atoms. The second kappa shape index (κ2) is 4.51. The molecule has 0 fully saturated rings. The number of benzene rings is 1. The molecule has 0 saturated carbocycles. The van der Waals surface area contributed by atoms with Crippen LogP contribution in [0.25, 0.3) is 10.4 Å². The van der Waals surface area contributed by atoms with Gasteiger partial charge < -0.3 is 0 Å². The highest BCUT2D eigenvalue weighted by atomic mass is 28.3. The molecule has 0 atom stereocenters. The van der Waals surface area contributed by atoms with Crippen molar-refractivity contribution in [3.05, 3.63) is 39.8 Å². The van der Waals surface area contributed by atoms with Crippen LogP contribution >= 0.6 is 0 Å². The predicted molar refractivity (Wildman–Crippen MR) is 67.6 cm³/mol. The van der Waals surface area contributed by atoms with Gasteiger partial charge in [-0.3, -0.25) is 4.79 Å². The molecule has 0 aliphatic rings. The third-order valence-electron chi connectivity index (χ3n) is 2.51. The normalized spacial score (nSPS) is 10.8. The van der Waals surface area contributed by atoms with Gasteiger partial charge in [0, 0.05) is 10.5 Å². The van der Waals surface area contributed by atoms with Crippen molar-refractivity contribution in [2.75, 3.05) is 0 Å². The van der Waals surface area contributed by atoms with Gasteiger partial charge in [-0.2, -0.15) is 0 Å². The lowest BCUT2D eigenvalue weighted by Gasteiger charge is -2.20.